The number of benzene rings is 4. The van der Waals surface area contributed by atoms with E-state index < -0.39 is 0 Å². The molecule has 0 aliphatic heterocycles. The zero-order valence-electron chi connectivity index (χ0n) is 17.9. The molecule has 0 atom stereocenters. The third-order valence-corrected chi connectivity index (χ3v) is 5.54. The molecular formula is C29H24N2O. The van der Waals surface area contributed by atoms with Gasteiger partial charge in [-0.15, -0.1) is 0 Å². The summed E-state index contributed by atoms with van der Waals surface area (Å²) in [5.74, 6) is 0.780. The molecule has 5 aromatic rings. The number of aromatic nitrogens is 2. The summed E-state index contributed by atoms with van der Waals surface area (Å²) >= 11 is 0. The number of aryl methyl sites for hydroxylation is 1. The van der Waals surface area contributed by atoms with Crippen molar-refractivity contribution in [2.75, 3.05) is 0 Å². The maximum Gasteiger partial charge on any atom is 0.174 e. The fourth-order valence-electron chi connectivity index (χ4n) is 4.02. The molecule has 156 valence electrons. The highest BCUT2D eigenvalue weighted by molar-refractivity contribution is 5.78. The van der Waals surface area contributed by atoms with Crippen LogP contribution in [0, 0.1) is 0 Å². The van der Waals surface area contributed by atoms with E-state index in [-0.39, 0.29) is 6.10 Å². The first-order valence-corrected chi connectivity index (χ1v) is 10.8. The highest BCUT2D eigenvalue weighted by Gasteiger charge is 2.25. The van der Waals surface area contributed by atoms with Crippen molar-refractivity contribution in [1.29, 1.82) is 0 Å². The van der Waals surface area contributed by atoms with E-state index in [1.807, 2.05) is 84.5 Å². The molecule has 0 fully saturated rings. The SMILES string of the molecule is Cn1nc(-c2ccccc2)c(OC(c2ccccc2)c2ccccc2)c1-c1ccccc1. The zero-order chi connectivity index (χ0) is 21.8. The zero-order valence-corrected chi connectivity index (χ0v) is 17.9. The number of nitrogens with zero attached hydrogens (tertiary/aromatic N) is 2. The highest BCUT2D eigenvalue weighted by atomic mass is 16.5. The highest BCUT2D eigenvalue weighted by Crippen LogP contribution is 2.42. The lowest BCUT2D eigenvalue weighted by Gasteiger charge is -2.21. The Bertz CT molecular complexity index is 1240. The summed E-state index contributed by atoms with van der Waals surface area (Å²) in [7, 11) is 1.97. The minimum absolute atomic E-state index is 0.258. The van der Waals surface area contributed by atoms with Gasteiger partial charge in [0, 0.05) is 18.2 Å². The molecule has 3 heteroatoms. The topological polar surface area (TPSA) is 27.1 Å². The molecule has 32 heavy (non-hydrogen) atoms. The fourth-order valence-corrected chi connectivity index (χ4v) is 4.02. The van der Waals surface area contributed by atoms with Crippen molar-refractivity contribution in [1.82, 2.24) is 9.78 Å². The maximum atomic E-state index is 6.90. The lowest BCUT2D eigenvalue weighted by atomic mass is 10.0. The average molecular weight is 417 g/mol. The van der Waals surface area contributed by atoms with Gasteiger partial charge < -0.3 is 4.74 Å². The van der Waals surface area contributed by atoms with Gasteiger partial charge in [-0.3, -0.25) is 4.68 Å². The second-order valence-electron chi connectivity index (χ2n) is 7.70. The molecule has 0 aliphatic carbocycles. The summed E-state index contributed by atoms with van der Waals surface area (Å²) in [6.07, 6.45) is -0.258. The van der Waals surface area contributed by atoms with Crippen LogP contribution in [0.2, 0.25) is 0 Å². The van der Waals surface area contributed by atoms with Crippen LogP contribution in [-0.2, 0) is 7.05 Å². The summed E-state index contributed by atoms with van der Waals surface area (Å²) in [6, 6.07) is 41.2. The largest absolute Gasteiger partial charge is 0.476 e. The summed E-state index contributed by atoms with van der Waals surface area (Å²) in [6.45, 7) is 0. The molecule has 0 N–H and O–H groups in total. The van der Waals surface area contributed by atoms with Gasteiger partial charge in [-0.05, 0) is 11.1 Å². The first kappa shape index (κ1) is 19.8. The maximum absolute atomic E-state index is 6.90. The molecule has 4 aromatic carbocycles. The third-order valence-electron chi connectivity index (χ3n) is 5.54. The van der Waals surface area contributed by atoms with Gasteiger partial charge in [0.15, 0.2) is 5.75 Å². The minimum Gasteiger partial charge on any atom is -0.476 e. The quantitative estimate of drug-likeness (QED) is 0.300. The van der Waals surface area contributed by atoms with Crippen LogP contribution in [0.25, 0.3) is 22.5 Å². The lowest BCUT2D eigenvalue weighted by molar-refractivity contribution is 0.249. The summed E-state index contributed by atoms with van der Waals surface area (Å²) in [4.78, 5) is 0. The van der Waals surface area contributed by atoms with Crippen molar-refractivity contribution in [3.05, 3.63) is 132 Å². The van der Waals surface area contributed by atoms with Crippen LogP contribution in [0.15, 0.2) is 121 Å². The van der Waals surface area contributed by atoms with Crippen LogP contribution in [-0.4, -0.2) is 9.78 Å². The monoisotopic (exact) mass is 416 g/mol. The molecule has 5 rings (SSSR count). The summed E-state index contributed by atoms with van der Waals surface area (Å²) in [5.41, 5.74) is 6.09. The van der Waals surface area contributed by atoms with E-state index >= 15 is 0 Å². The normalized spacial score (nSPS) is 10.9. The van der Waals surface area contributed by atoms with Crippen molar-refractivity contribution in [2.24, 2.45) is 7.05 Å². The van der Waals surface area contributed by atoms with Crippen molar-refractivity contribution < 1.29 is 4.74 Å². The van der Waals surface area contributed by atoms with E-state index in [0.29, 0.717) is 0 Å². The van der Waals surface area contributed by atoms with Crippen LogP contribution in [0.3, 0.4) is 0 Å². The van der Waals surface area contributed by atoms with Crippen LogP contribution in [0.5, 0.6) is 5.75 Å². The van der Waals surface area contributed by atoms with Gasteiger partial charge >= 0.3 is 0 Å². The van der Waals surface area contributed by atoms with Gasteiger partial charge in [0.1, 0.15) is 17.5 Å². The molecule has 1 aromatic heterocycles. The molecule has 0 spiro atoms. The van der Waals surface area contributed by atoms with Crippen molar-refractivity contribution in [3.8, 4) is 28.3 Å². The second-order valence-corrected chi connectivity index (χ2v) is 7.70. The predicted octanol–water partition coefficient (Wildman–Crippen LogP) is 6.92. The van der Waals surface area contributed by atoms with E-state index in [9.17, 15) is 0 Å². The first-order valence-electron chi connectivity index (χ1n) is 10.8. The van der Waals surface area contributed by atoms with Crippen LogP contribution < -0.4 is 4.74 Å². The molecule has 0 radical (unpaired) electrons. The number of rotatable bonds is 6. The Kier molecular flexibility index (Phi) is 5.54. The molecule has 0 aliphatic rings. The number of ether oxygens (including phenoxy) is 1. The Labute approximate surface area is 188 Å². The summed E-state index contributed by atoms with van der Waals surface area (Å²) < 4.78 is 8.81. The summed E-state index contributed by atoms with van der Waals surface area (Å²) in [5, 5.41) is 4.89. The van der Waals surface area contributed by atoms with E-state index in [1.54, 1.807) is 0 Å². The molecular weight excluding hydrogens is 392 g/mol. The van der Waals surface area contributed by atoms with Crippen LogP contribution in [0.4, 0.5) is 0 Å². The smallest absolute Gasteiger partial charge is 0.174 e. The number of hydrogen-bond donors (Lipinski definition) is 0. The van der Waals surface area contributed by atoms with Crippen LogP contribution in [0.1, 0.15) is 17.2 Å². The average Bonchev–Trinajstić information content (AvgIpc) is 3.20. The van der Waals surface area contributed by atoms with E-state index in [0.717, 1.165) is 39.4 Å². The van der Waals surface area contributed by atoms with Gasteiger partial charge in [0.25, 0.3) is 0 Å². The molecule has 0 saturated carbocycles. The Morgan fingerprint density at radius 1 is 0.594 bits per heavy atom. The number of hydrogen-bond acceptors (Lipinski definition) is 2. The molecule has 0 saturated heterocycles. The lowest BCUT2D eigenvalue weighted by Crippen LogP contribution is -2.10. The van der Waals surface area contributed by atoms with E-state index in [1.165, 1.54) is 0 Å². The van der Waals surface area contributed by atoms with Crippen molar-refractivity contribution in [2.45, 2.75) is 6.10 Å². The molecule has 0 bridgehead atoms. The van der Waals surface area contributed by atoms with Crippen molar-refractivity contribution >= 4 is 0 Å². The molecule has 0 amide bonds. The van der Waals surface area contributed by atoms with Gasteiger partial charge in [0.2, 0.25) is 0 Å². The van der Waals surface area contributed by atoms with E-state index in [4.69, 9.17) is 9.84 Å². The molecule has 3 nitrogen and oxygen atoms in total. The Morgan fingerprint density at radius 3 is 1.53 bits per heavy atom. The minimum atomic E-state index is -0.258. The molecule has 1 heterocycles. The van der Waals surface area contributed by atoms with Gasteiger partial charge in [-0.25, -0.2) is 0 Å². The Balaban J connectivity index is 1.70. The Hall–Kier alpha value is -4.11. The van der Waals surface area contributed by atoms with E-state index in [2.05, 4.69) is 48.5 Å². The van der Waals surface area contributed by atoms with Gasteiger partial charge in [-0.1, -0.05) is 121 Å². The fraction of sp³-hybridized carbons (Fsp3) is 0.0690. The first-order chi connectivity index (χ1) is 15.8. The van der Waals surface area contributed by atoms with Crippen molar-refractivity contribution in [3.63, 3.8) is 0 Å². The molecule has 0 unspecified atom stereocenters. The van der Waals surface area contributed by atoms with Crippen LogP contribution >= 0.6 is 0 Å². The second kappa shape index (κ2) is 8.94. The van der Waals surface area contributed by atoms with Gasteiger partial charge in [0.05, 0.1) is 0 Å². The standard InChI is InChI=1S/C29H24N2O/c1-31-27(23-16-8-3-9-17-23)29(26(30-31)22-14-6-2-7-15-22)32-28(24-18-10-4-11-19-24)25-20-12-5-13-21-25/h2-21,28H,1H3. The predicted molar refractivity (Wildman–Crippen MR) is 129 cm³/mol. The third kappa shape index (κ3) is 3.93. The Morgan fingerprint density at radius 2 is 1.03 bits per heavy atom. The van der Waals surface area contributed by atoms with Gasteiger partial charge in [-0.2, -0.15) is 5.10 Å².